The van der Waals surface area contributed by atoms with Crippen molar-refractivity contribution in [1.82, 2.24) is 9.80 Å². The van der Waals surface area contributed by atoms with Crippen LogP contribution in [0.4, 0.5) is 0 Å². The van der Waals surface area contributed by atoms with Gasteiger partial charge in [0.15, 0.2) is 0 Å². The second-order valence-electron chi connectivity index (χ2n) is 7.89. The van der Waals surface area contributed by atoms with Gasteiger partial charge in [0.1, 0.15) is 0 Å². The van der Waals surface area contributed by atoms with Crippen LogP contribution in [0.15, 0.2) is 0 Å². The van der Waals surface area contributed by atoms with E-state index in [4.69, 9.17) is 5.73 Å². The fraction of sp³-hybridized carbons (Fsp3) is 1.00. The molecule has 20 heavy (non-hydrogen) atoms. The molecule has 3 fully saturated rings. The van der Waals surface area contributed by atoms with E-state index >= 15 is 0 Å². The van der Waals surface area contributed by atoms with Crippen LogP contribution in [0.2, 0.25) is 0 Å². The number of nitrogens with two attached hydrogens (primary N) is 1. The van der Waals surface area contributed by atoms with Gasteiger partial charge in [0.2, 0.25) is 0 Å². The van der Waals surface area contributed by atoms with Gasteiger partial charge in [-0.15, -0.1) is 0 Å². The van der Waals surface area contributed by atoms with Crippen LogP contribution in [0.1, 0.15) is 52.9 Å². The summed E-state index contributed by atoms with van der Waals surface area (Å²) < 4.78 is 0. The molecule has 5 unspecified atom stereocenters. The van der Waals surface area contributed by atoms with Crippen molar-refractivity contribution in [1.29, 1.82) is 0 Å². The van der Waals surface area contributed by atoms with Crippen LogP contribution < -0.4 is 5.73 Å². The first-order valence-electron chi connectivity index (χ1n) is 8.77. The third-order valence-corrected chi connectivity index (χ3v) is 6.57. The van der Waals surface area contributed by atoms with Crippen molar-refractivity contribution in [2.24, 2.45) is 17.6 Å². The Bertz CT molecular complexity index is 345. The molecule has 0 aromatic carbocycles. The summed E-state index contributed by atoms with van der Waals surface area (Å²) in [6.07, 6.45) is 6.85. The Kier molecular flexibility index (Phi) is 4.13. The highest BCUT2D eigenvalue weighted by Gasteiger charge is 2.49. The summed E-state index contributed by atoms with van der Waals surface area (Å²) in [5.74, 6) is 1.59. The number of nitrogens with zero attached hydrogens (tertiary/aromatic N) is 2. The lowest BCUT2D eigenvalue weighted by molar-refractivity contribution is -0.0713. The molecule has 3 aliphatic rings. The monoisotopic (exact) mass is 279 g/mol. The summed E-state index contributed by atoms with van der Waals surface area (Å²) >= 11 is 0. The van der Waals surface area contributed by atoms with E-state index in [9.17, 15) is 0 Å². The van der Waals surface area contributed by atoms with Gasteiger partial charge >= 0.3 is 0 Å². The summed E-state index contributed by atoms with van der Waals surface area (Å²) in [7, 11) is 0. The zero-order valence-corrected chi connectivity index (χ0v) is 13.6. The van der Waals surface area contributed by atoms with E-state index in [0.717, 1.165) is 24.4 Å². The van der Waals surface area contributed by atoms with E-state index in [-0.39, 0.29) is 5.54 Å². The van der Waals surface area contributed by atoms with Crippen molar-refractivity contribution in [2.45, 2.75) is 70.5 Å². The Morgan fingerprint density at radius 1 is 1.10 bits per heavy atom. The number of piperazine rings is 1. The van der Waals surface area contributed by atoms with Crippen LogP contribution in [-0.4, -0.2) is 53.6 Å². The quantitative estimate of drug-likeness (QED) is 0.842. The molecule has 2 saturated heterocycles. The second kappa shape index (κ2) is 5.58. The Balaban J connectivity index is 1.83. The molecule has 0 radical (unpaired) electrons. The molecular formula is C17H33N3. The largest absolute Gasteiger partial charge is 0.329 e. The minimum absolute atomic E-state index is 0.270. The lowest BCUT2D eigenvalue weighted by atomic mass is 9.68. The van der Waals surface area contributed by atoms with Gasteiger partial charge in [-0.05, 0) is 51.0 Å². The van der Waals surface area contributed by atoms with Crippen LogP contribution in [0.25, 0.3) is 0 Å². The lowest BCUT2D eigenvalue weighted by Crippen LogP contribution is -2.68. The highest BCUT2D eigenvalue weighted by molar-refractivity contribution is 5.05. The number of hydrogen-bond acceptors (Lipinski definition) is 3. The van der Waals surface area contributed by atoms with Crippen molar-refractivity contribution >= 4 is 0 Å². The van der Waals surface area contributed by atoms with Gasteiger partial charge in [0.05, 0.1) is 0 Å². The van der Waals surface area contributed by atoms with Gasteiger partial charge in [0, 0.05) is 37.3 Å². The van der Waals surface area contributed by atoms with E-state index in [2.05, 4.69) is 30.6 Å². The standard InChI is InChI=1S/C17H33N3/c1-13-6-7-14(2)17(9-13,12-18)20-11-16-5-4-8-19(16)10-15(20)3/h13-16H,4-12,18H2,1-3H3. The molecule has 0 spiro atoms. The van der Waals surface area contributed by atoms with Crippen molar-refractivity contribution in [3.63, 3.8) is 0 Å². The predicted octanol–water partition coefficient (Wildman–Crippen LogP) is 2.31. The fourth-order valence-corrected chi connectivity index (χ4v) is 5.32. The molecule has 116 valence electrons. The average molecular weight is 279 g/mol. The first kappa shape index (κ1) is 14.8. The summed E-state index contributed by atoms with van der Waals surface area (Å²) in [5, 5.41) is 0. The zero-order chi connectivity index (χ0) is 14.3. The SMILES string of the molecule is CC1CCC(C)C(CN)(N2CC3CCCN3CC2C)C1. The van der Waals surface area contributed by atoms with E-state index in [1.54, 1.807) is 0 Å². The van der Waals surface area contributed by atoms with Crippen molar-refractivity contribution in [3.8, 4) is 0 Å². The third kappa shape index (κ3) is 2.32. The Labute approximate surface area is 124 Å². The maximum absolute atomic E-state index is 6.37. The smallest absolute Gasteiger partial charge is 0.0363 e. The van der Waals surface area contributed by atoms with E-state index in [1.165, 1.54) is 51.7 Å². The highest BCUT2D eigenvalue weighted by atomic mass is 15.3. The third-order valence-electron chi connectivity index (χ3n) is 6.57. The maximum Gasteiger partial charge on any atom is 0.0363 e. The molecule has 0 aromatic rings. The van der Waals surface area contributed by atoms with Crippen LogP contribution in [0, 0.1) is 11.8 Å². The minimum atomic E-state index is 0.270. The minimum Gasteiger partial charge on any atom is -0.329 e. The first-order valence-corrected chi connectivity index (χ1v) is 8.77. The average Bonchev–Trinajstić information content (AvgIpc) is 2.88. The number of hydrogen-bond donors (Lipinski definition) is 1. The first-order chi connectivity index (χ1) is 9.56. The van der Waals surface area contributed by atoms with Crippen molar-refractivity contribution < 1.29 is 0 Å². The van der Waals surface area contributed by atoms with Gasteiger partial charge in [-0.1, -0.05) is 20.3 Å². The maximum atomic E-state index is 6.37. The molecule has 5 atom stereocenters. The molecule has 3 heteroatoms. The molecule has 0 aromatic heterocycles. The number of rotatable bonds is 2. The van der Waals surface area contributed by atoms with Gasteiger partial charge in [-0.25, -0.2) is 0 Å². The highest BCUT2D eigenvalue weighted by Crippen LogP contribution is 2.43. The van der Waals surface area contributed by atoms with Crippen LogP contribution >= 0.6 is 0 Å². The van der Waals surface area contributed by atoms with E-state index in [0.29, 0.717) is 6.04 Å². The Morgan fingerprint density at radius 3 is 2.65 bits per heavy atom. The number of fused-ring (bicyclic) bond motifs is 1. The van der Waals surface area contributed by atoms with Crippen LogP contribution in [0.5, 0.6) is 0 Å². The molecule has 0 amide bonds. The zero-order valence-electron chi connectivity index (χ0n) is 13.6. The molecule has 3 nitrogen and oxygen atoms in total. The van der Waals surface area contributed by atoms with Crippen molar-refractivity contribution in [3.05, 3.63) is 0 Å². The summed E-state index contributed by atoms with van der Waals surface area (Å²) in [5.41, 5.74) is 6.64. The van der Waals surface area contributed by atoms with Crippen LogP contribution in [0.3, 0.4) is 0 Å². The molecule has 2 aliphatic heterocycles. The summed E-state index contributed by atoms with van der Waals surface area (Å²) in [6.45, 7) is 12.0. The predicted molar refractivity (Wildman–Crippen MR) is 84.7 cm³/mol. The van der Waals surface area contributed by atoms with Gasteiger partial charge < -0.3 is 5.73 Å². The van der Waals surface area contributed by atoms with Gasteiger partial charge in [-0.2, -0.15) is 0 Å². The normalized spacial score (nSPS) is 47.4. The molecule has 2 N–H and O–H groups in total. The second-order valence-corrected chi connectivity index (χ2v) is 7.89. The Hall–Kier alpha value is -0.120. The van der Waals surface area contributed by atoms with Crippen LogP contribution in [-0.2, 0) is 0 Å². The molecular weight excluding hydrogens is 246 g/mol. The fourth-order valence-electron chi connectivity index (χ4n) is 5.32. The molecule has 3 rings (SSSR count). The molecule has 1 aliphatic carbocycles. The van der Waals surface area contributed by atoms with Gasteiger partial charge in [0.25, 0.3) is 0 Å². The molecule has 2 heterocycles. The van der Waals surface area contributed by atoms with Crippen molar-refractivity contribution in [2.75, 3.05) is 26.2 Å². The topological polar surface area (TPSA) is 32.5 Å². The molecule has 0 bridgehead atoms. The lowest BCUT2D eigenvalue weighted by Gasteiger charge is -2.57. The van der Waals surface area contributed by atoms with E-state index < -0.39 is 0 Å². The summed E-state index contributed by atoms with van der Waals surface area (Å²) in [6, 6.07) is 1.47. The van der Waals surface area contributed by atoms with E-state index in [1.807, 2.05) is 0 Å². The summed E-state index contributed by atoms with van der Waals surface area (Å²) in [4.78, 5) is 5.56. The Morgan fingerprint density at radius 2 is 1.90 bits per heavy atom. The van der Waals surface area contributed by atoms with Gasteiger partial charge in [-0.3, -0.25) is 9.80 Å². The molecule has 1 saturated carbocycles.